The van der Waals surface area contributed by atoms with Crippen molar-refractivity contribution < 1.29 is 9.59 Å². The van der Waals surface area contributed by atoms with Gasteiger partial charge in [-0.25, -0.2) is 0 Å². The third-order valence-corrected chi connectivity index (χ3v) is 1.62. The van der Waals surface area contributed by atoms with E-state index in [2.05, 4.69) is 15.2 Å². The van der Waals surface area contributed by atoms with E-state index in [0.717, 1.165) is 12.3 Å². The number of nitrogens with one attached hydrogen (secondary N) is 1. The second kappa shape index (κ2) is 2.44. The van der Waals surface area contributed by atoms with E-state index < -0.39 is 17.4 Å². The van der Waals surface area contributed by atoms with E-state index in [-0.39, 0.29) is 11.1 Å². The number of azo groups is 1. The van der Waals surface area contributed by atoms with E-state index in [1.807, 2.05) is 0 Å². The van der Waals surface area contributed by atoms with Crippen molar-refractivity contribution in [3.8, 4) is 0 Å². The van der Waals surface area contributed by atoms with Crippen molar-refractivity contribution in [1.82, 2.24) is 4.98 Å². The molecule has 1 N–H and O–H groups in total. The zero-order valence-electron chi connectivity index (χ0n) is 6.27. The van der Waals surface area contributed by atoms with E-state index in [1.54, 1.807) is 0 Å². The van der Waals surface area contributed by atoms with Gasteiger partial charge in [-0.1, -0.05) is 0 Å². The van der Waals surface area contributed by atoms with Crippen LogP contribution in [0.15, 0.2) is 27.3 Å². The van der Waals surface area contributed by atoms with Gasteiger partial charge in [0.1, 0.15) is 0 Å². The van der Waals surface area contributed by atoms with E-state index in [4.69, 9.17) is 0 Å². The van der Waals surface area contributed by atoms with Crippen molar-refractivity contribution in [2.24, 2.45) is 10.2 Å². The molecule has 64 valence electrons. The number of fused-ring (bicyclic) bond motifs is 1. The lowest BCUT2D eigenvalue weighted by Crippen LogP contribution is -2.16. The van der Waals surface area contributed by atoms with E-state index in [1.165, 1.54) is 0 Å². The molecule has 1 aliphatic heterocycles. The zero-order valence-corrected chi connectivity index (χ0v) is 6.27. The zero-order chi connectivity index (χ0) is 9.42. The summed E-state index contributed by atoms with van der Waals surface area (Å²) in [4.78, 5) is 35.1. The minimum atomic E-state index is -0.666. The fourth-order valence-corrected chi connectivity index (χ4v) is 1.02. The normalized spacial score (nSPS) is 14.5. The fraction of sp³-hybridized carbons (Fsp3) is 0. The van der Waals surface area contributed by atoms with Gasteiger partial charge in [0.05, 0.1) is 11.1 Å². The van der Waals surface area contributed by atoms with Gasteiger partial charge in [0.15, 0.2) is 0 Å². The smallest absolute Gasteiger partial charge is 0.297 e. The summed E-state index contributed by atoms with van der Waals surface area (Å²) >= 11 is 0. The molecule has 1 aliphatic rings. The number of aromatic amines is 1. The molecule has 1 aromatic rings. The summed E-state index contributed by atoms with van der Waals surface area (Å²) < 4.78 is 0. The first-order valence-electron chi connectivity index (χ1n) is 3.41. The molecule has 0 fully saturated rings. The molecule has 0 bridgehead atoms. The van der Waals surface area contributed by atoms with Crippen LogP contribution in [-0.4, -0.2) is 16.8 Å². The predicted molar refractivity (Wildman–Crippen MR) is 40.6 cm³/mol. The number of hydrogen-bond donors (Lipinski definition) is 1. The Morgan fingerprint density at radius 3 is 2.31 bits per heavy atom. The molecule has 0 aromatic carbocycles. The van der Waals surface area contributed by atoms with Crippen LogP contribution in [0.5, 0.6) is 0 Å². The number of hydrogen-bond acceptors (Lipinski definition) is 3. The Morgan fingerprint density at radius 1 is 1.00 bits per heavy atom. The van der Waals surface area contributed by atoms with Crippen molar-refractivity contribution in [2.45, 2.75) is 0 Å². The summed E-state index contributed by atoms with van der Waals surface area (Å²) in [6.07, 6.45) is 1.16. The minimum Gasteiger partial charge on any atom is -0.328 e. The Bertz CT molecular complexity index is 486. The molecule has 0 saturated carbocycles. The molecule has 6 nitrogen and oxygen atoms in total. The Hall–Kier alpha value is -2.11. The molecule has 0 saturated heterocycles. The van der Waals surface area contributed by atoms with E-state index >= 15 is 0 Å². The first kappa shape index (κ1) is 7.53. The Balaban J connectivity index is 2.76. The van der Waals surface area contributed by atoms with Gasteiger partial charge in [-0.2, -0.15) is 0 Å². The van der Waals surface area contributed by atoms with Crippen molar-refractivity contribution in [3.63, 3.8) is 0 Å². The van der Waals surface area contributed by atoms with Crippen molar-refractivity contribution in [1.29, 1.82) is 0 Å². The van der Waals surface area contributed by atoms with Crippen LogP contribution in [0.25, 0.3) is 0 Å². The van der Waals surface area contributed by atoms with E-state index in [0.29, 0.717) is 0 Å². The maximum Gasteiger partial charge on any atom is 0.297 e. The van der Waals surface area contributed by atoms with Gasteiger partial charge >= 0.3 is 0 Å². The third kappa shape index (κ3) is 1.08. The summed E-state index contributed by atoms with van der Waals surface area (Å²) in [6, 6.07) is 1.04. The van der Waals surface area contributed by atoms with Gasteiger partial charge in [-0.3, -0.25) is 14.4 Å². The lowest BCUT2D eigenvalue weighted by molar-refractivity contribution is 0.0920. The molecule has 0 unspecified atom stereocenters. The van der Waals surface area contributed by atoms with Gasteiger partial charge in [0.2, 0.25) is 5.56 Å². The SMILES string of the molecule is O=C1N=NC(=O)c2cc(=O)[nH]cc21. The highest BCUT2D eigenvalue weighted by atomic mass is 16.2. The summed E-state index contributed by atoms with van der Waals surface area (Å²) in [5.74, 6) is -1.29. The highest BCUT2D eigenvalue weighted by Gasteiger charge is 2.21. The summed E-state index contributed by atoms with van der Waals surface area (Å²) in [5.41, 5.74) is -0.361. The van der Waals surface area contributed by atoms with Crippen molar-refractivity contribution in [3.05, 3.63) is 33.7 Å². The van der Waals surface area contributed by atoms with Gasteiger partial charge in [-0.15, -0.1) is 10.2 Å². The molecule has 2 heterocycles. The van der Waals surface area contributed by atoms with E-state index in [9.17, 15) is 14.4 Å². The molecular weight excluding hydrogens is 174 g/mol. The van der Waals surface area contributed by atoms with Gasteiger partial charge in [0, 0.05) is 12.3 Å². The molecule has 0 radical (unpaired) electrons. The first-order valence-corrected chi connectivity index (χ1v) is 3.41. The maximum absolute atomic E-state index is 11.0. The van der Waals surface area contributed by atoms with Crippen LogP contribution in [0, 0.1) is 0 Å². The van der Waals surface area contributed by atoms with Crippen LogP contribution in [0.1, 0.15) is 20.7 Å². The highest BCUT2D eigenvalue weighted by molar-refractivity contribution is 6.10. The number of rotatable bonds is 0. The van der Waals surface area contributed by atoms with Gasteiger partial charge < -0.3 is 4.98 Å². The number of carbonyl (C=O) groups excluding carboxylic acids is 2. The maximum atomic E-state index is 11.0. The molecule has 2 rings (SSSR count). The molecule has 0 atom stereocenters. The topological polar surface area (TPSA) is 91.7 Å². The Morgan fingerprint density at radius 2 is 1.62 bits per heavy atom. The monoisotopic (exact) mass is 177 g/mol. The van der Waals surface area contributed by atoms with Crippen LogP contribution in [0.3, 0.4) is 0 Å². The van der Waals surface area contributed by atoms with Crippen molar-refractivity contribution >= 4 is 11.8 Å². The van der Waals surface area contributed by atoms with Crippen LogP contribution < -0.4 is 5.56 Å². The molecule has 2 amide bonds. The largest absolute Gasteiger partial charge is 0.328 e. The quantitative estimate of drug-likeness (QED) is 0.610. The second-order valence-electron chi connectivity index (χ2n) is 2.43. The lowest BCUT2D eigenvalue weighted by atomic mass is 10.1. The standard InChI is InChI=1S/C7H3N3O3/c11-5-1-3-4(2-8-5)7(13)10-9-6(3)12/h1-2H,(H,8,11). The van der Waals surface area contributed by atoms with Gasteiger partial charge in [0.25, 0.3) is 11.8 Å². The van der Waals surface area contributed by atoms with Crippen LogP contribution in [-0.2, 0) is 0 Å². The molecule has 0 spiro atoms. The number of H-pyrrole nitrogens is 1. The molecule has 13 heavy (non-hydrogen) atoms. The number of carbonyl (C=O) groups is 2. The first-order chi connectivity index (χ1) is 6.18. The van der Waals surface area contributed by atoms with Crippen molar-refractivity contribution in [2.75, 3.05) is 0 Å². The second-order valence-corrected chi connectivity index (χ2v) is 2.43. The Kier molecular flexibility index (Phi) is 1.42. The molecule has 0 aliphatic carbocycles. The van der Waals surface area contributed by atoms with Gasteiger partial charge in [-0.05, 0) is 0 Å². The summed E-state index contributed by atoms with van der Waals surface area (Å²) in [5, 5.41) is 6.17. The van der Waals surface area contributed by atoms with Crippen LogP contribution in [0.4, 0.5) is 0 Å². The van der Waals surface area contributed by atoms with Crippen LogP contribution >= 0.6 is 0 Å². The average Bonchev–Trinajstić information content (AvgIpc) is 2.12. The summed E-state index contributed by atoms with van der Waals surface area (Å²) in [6.45, 7) is 0. The third-order valence-electron chi connectivity index (χ3n) is 1.62. The number of aromatic nitrogens is 1. The molecule has 1 aromatic heterocycles. The van der Waals surface area contributed by atoms with Crippen LogP contribution in [0.2, 0.25) is 0 Å². The predicted octanol–water partition coefficient (Wildman–Crippen LogP) is 0.121. The fourth-order valence-electron chi connectivity index (χ4n) is 1.02. The molecular formula is C7H3N3O3. The lowest BCUT2D eigenvalue weighted by Gasteiger charge is -2.03. The average molecular weight is 177 g/mol. The Labute approximate surface area is 71.3 Å². The number of amides is 2. The number of pyridine rings is 1. The highest BCUT2D eigenvalue weighted by Crippen LogP contribution is 2.13. The summed E-state index contributed by atoms with van der Waals surface area (Å²) in [7, 11) is 0. The minimum absolute atomic E-state index is 0.00347. The number of nitrogens with zero attached hydrogens (tertiary/aromatic N) is 2. The molecule has 6 heteroatoms.